The summed E-state index contributed by atoms with van der Waals surface area (Å²) in [5.74, 6) is 1.27. The number of amides is 1. The topological polar surface area (TPSA) is 47.6 Å². The molecule has 1 amide bonds. The van der Waals surface area contributed by atoms with Crippen LogP contribution in [0, 0.1) is 0 Å². The minimum Gasteiger partial charge on any atom is -0.485 e. The number of halogens is 1. The van der Waals surface area contributed by atoms with Crippen LogP contribution >= 0.6 is 16.3 Å². The molecule has 1 N–H and O–H groups in total. The molecule has 0 atom stereocenters. The van der Waals surface area contributed by atoms with Crippen molar-refractivity contribution in [3.8, 4) is 11.5 Å². The van der Waals surface area contributed by atoms with Crippen LogP contribution in [0.1, 0.15) is 18.1 Å². The number of carbonyl (C=O) groups is 1. The molecule has 0 aliphatic heterocycles. The number of ether oxygens (including phenoxy) is 1. The number of carbonyl (C=O) groups excluding carboxylic acids is 1. The lowest BCUT2D eigenvalue weighted by Crippen LogP contribution is -2.22. The third-order valence-electron chi connectivity index (χ3n) is 3.12. The van der Waals surface area contributed by atoms with Crippen LogP contribution in [0.3, 0.4) is 0 Å². The van der Waals surface area contributed by atoms with Crippen LogP contribution in [0.15, 0.2) is 48.5 Å². The van der Waals surface area contributed by atoms with Gasteiger partial charge in [0.2, 0.25) is 5.91 Å². The van der Waals surface area contributed by atoms with Gasteiger partial charge in [-0.25, -0.2) is 0 Å². The van der Waals surface area contributed by atoms with Crippen LogP contribution in [0.4, 0.5) is 0 Å². The van der Waals surface area contributed by atoms with Gasteiger partial charge in [0, 0.05) is 13.5 Å². The maximum absolute atomic E-state index is 10.9. The first-order chi connectivity index (χ1) is 10.7. The van der Waals surface area contributed by atoms with Gasteiger partial charge in [-0.3, -0.25) is 4.79 Å². The second-order valence-electron chi connectivity index (χ2n) is 4.87. The number of hydrogen-bond donors (Lipinski definition) is 1. The predicted octanol–water partition coefficient (Wildman–Crippen LogP) is 3.63. The quantitative estimate of drug-likeness (QED) is 0.816. The summed E-state index contributed by atoms with van der Waals surface area (Å²) >= 11 is 2.99. The molecule has 22 heavy (non-hydrogen) atoms. The molecule has 116 valence electrons. The van der Waals surface area contributed by atoms with Gasteiger partial charge in [0.1, 0.15) is 6.61 Å². The second-order valence-corrected chi connectivity index (χ2v) is 5.19. The van der Waals surface area contributed by atoms with Crippen molar-refractivity contribution in [2.45, 2.75) is 20.0 Å². The molecule has 0 bridgehead atoms. The fourth-order valence-corrected chi connectivity index (χ4v) is 2.27. The molecule has 2 rings (SSSR count). The summed E-state index contributed by atoms with van der Waals surface area (Å²) < 4.78 is 11.0. The molecule has 2 aromatic carbocycles. The molecule has 4 nitrogen and oxygen atoms in total. The average molecular weight is 364 g/mol. The Hall–Kier alpha value is -2.01. The van der Waals surface area contributed by atoms with E-state index in [0.29, 0.717) is 24.7 Å². The summed E-state index contributed by atoms with van der Waals surface area (Å²) in [6.45, 7) is 2.58. The van der Waals surface area contributed by atoms with Crippen LogP contribution in [0.25, 0.3) is 0 Å². The molecule has 0 saturated carbocycles. The Balaban J connectivity index is 2.02. The zero-order valence-corrected chi connectivity index (χ0v) is 13.9. The summed E-state index contributed by atoms with van der Waals surface area (Å²) in [6, 6.07) is 15.7. The van der Waals surface area contributed by atoms with Gasteiger partial charge in [-0.05, 0) is 29.7 Å². The van der Waals surface area contributed by atoms with Crippen LogP contribution in [-0.2, 0) is 17.8 Å². The van der Waals surface area contributed by atoms with Crippen LogP contribution < -0.4 is 13.9 Å². The van der Waals surface area contributed by atoms with Gasteiger partial charge >= 0.3 is 0 Å². The van der Waals surface area contributed by atoms with Crippen molar-refractivity contribution in [3.05, 3.63) is 59.7 Å². The van der Waals surface area contributed by atoms with Crippen molar-refractivity contribution in [3.63, 3.8) is 0 Å². The van der Waals surface area contributed by atoms with Crippen molar-refractivity contribution < 1.29 is 13.4 Å². The third kappa shape index (κ3) is 5.07. The first kappa shape index (κ1) is 16.4. The maximum atomic E-state index is 10.9. The first-order valence-electron chi connectivity index (χ1n) is 7.01. The minimum absolute atomic E-state index is 0.0269. The summed E-state index contributed by atoms with van der Waals surface area (Å²) in [5.41, 5.74) is 2.16. The van der Waals surface area contributed by atoms with Gasteiger partial charge in [-0.15, -0.1) is 0 Å². The molecule has 0 radical (unpaired) electrons. The Morgan fingerprint density at radius 3 is 2.55 bits per heavy atom. The third-order valence-corrected chi connectivity index (χ3v) is 3.46. The van der Waals surface area contributed by atoms with Crippen molar-refractivity contribution >= 4 is 22.2 Å². The van der Waals surface area contributed by atoms with E-state index in [9.17, 15) is 4.79 Å². The van der Waals surface area contributed by atoms with E-state index in [0.717, 1.165) is 17.5 Å². The van der Waals surface area contributed by atoms with E-state index in [4.69, 9.17) is 8.57 Å². The summed E-state index contributed by atoms with van der Waals surface area (Å²) in [4.78, 5) is 10.9. The highest BCUT2D eigenvalue weighted by Gasteiger charge is 2.07. The largest absolute Gasteiger partial charge is 0.485 e. The number of rotatable bonds is 7. The van der Waals surface area contributed by atoms with Crippen LogP contribution in [0.2, 0.25) is 0 Å². The van der Waals surface area contributed by atoms with Crippen molar-refractivity contribution in [2.24, 2.45) is 0 Å². The molecule has 2 aromatic rings. The van der Waals surface area contributed by atoms with E-state index in [1.54, 1.807) is 0 Å². The lowest BCUT2D eigenvalue weighted by atomic mass is 10.1. The van der Waals surface area contributed by atoms with Gasteiger partial charge in [-0.2, -0.15) is 0 Å². The fourth-order valence-electron chi connectivity index (χ4n) is 2.00. The normalized spacial score (nSPS) is 10.1. The van der Waals surface area contributed by atoms with E-state index in [1.807, 2.05) is 48.5 Å². The molecular formula is C17H18BrNO3. The fraction of sp³-hybridized carbons (Fsp3) is 0.235. The molecule has 0 heterocycles. The standard InChI is InChI=1S/C17H18BrNO3/c1-13(20)19-10-9-14-7-8-16(22-18)17(11-14)21-12-15-5-3-2-4-6-15/h2-8,11H,9-10,12H2,1H3,(H,19,20). The Kier molecular flexibility index (Phi) is 6.27. The smallest absolute Gasteiger partial charge is 0.216 e. The monoisotopic (exact) mass is 363 g/mol. The number of benzene rings is 2. The van der Waals surface area contributed by atoms with Crippen LogP contribution in [0.5, 0.6) is 11.5 Å². The van der Waals surface area contributed by atoms with Crippen molar-refractivity contribution in [1.82, 2.24) is 5.32 Å². The van der Waals surface area contributed by atoms with E-state index >= 15 is 0 Å². The highest BCUT2D eigenvalue weighted by atomic mass is 79.9. The molecule has 0 fully saturated rings. The van der Waals surface area contributed by atoms with E-state index < -0.39 is 0 Å². The van der Waals surface area contributed by atoms with E-state index in [1.165, 1.54) is 6.92 Å². The summed E-state index contributed by atoms with van der Waals surface area (Å²) in [5, 5.41) is 2.78. The van der Waals surface area contributed by atoms with Gasteiger partial charge in [-0.1, -0.05) is 36.4 Å². The molecule has 0 aliphatic carbocycles. The molecule has 0 aliphatic rings. The van der Waals surface area contributed by atoms with Crippen molar-refractivity contribution in [2.75, 3.05) is 6.54 Å². The van der Waals surface area contributed by atoms with Gasteiger partial charge in [0.15, 0.2) is 27.8 Å². The lowest BCUT2D eigenvalue weighted by molar-refractivity contribution is -0.118. The highest BCUT2D eigenvalue weighted by molar-refractivity contribution is 9.06. The SMILES string of the molecule is CC(=O)NCCc1ccc(OBr)c(OCc2ccccc2)c1. The Morgan fingerprint density at radius 2 is 1.86 bits per heavy atom. The van der Waals surface area contributed by atoms with Gasteiger partial charge in [0.25, 0.3) is 0 Å². The molecule has 0 unspecified atom stereocenters. The molecule has 5 heteroatoms. The number of nitrogens with one attached hydrogen (secondary N) is 1. The zero-order valence-electron chi connectivity index (χ0n) is 12.3. The minimum atomic E-state index is -0.0269. The van der Waals surface area contributed by atoms with Gasteiger partial charge < -0.3 is 13.9 Å². The maximum Gasteiger partial charge on any atom is 0.216 e. The zero-order chi connectivity index (χ0) is 15.8. The molecule has 0 saturated heterocycles. The Labute approximate surface area is 138 Å². The summed E-state index contributed by atoms with van der Waals surface area (Å²) in [6.07, 6.45) is 0.740. The van der Waals surface area contributed by atoms with Crippen LogP contribution in [-0.4, -0.2) is 12.5 Å². The van der Waals surface area contributed by atoms with E-state index in [-0.39, 0.29) is 5.91 Å². The van der Waals surface area contributed by atoms with E-state index in [2.05, 4.69) is 21.6 Å². The Morgan fingerprint density at radius 1 is 1.09 bits per heavy atom. The molecule has 0 aromatic heterocycles. The second kappa shape index (κ2) is 8.44. The van der Waals surface area contributed by atoms with Crippen molar-refractivity contribution in [1.29, 1.82) is 0 Å². The highest BCUT2D eigenvalue weighted by Crippen LogP contribution is 2.30. The summed E-state index contributed by atoms with van der Waals surface area (Å²) in [7, 11) is 0. The average Bonchev–Trinajstić information content (AvgIpc) is 2.54. The predicted molar refractivity (Wildman–Crippen MR) is 89.2 cm³/mol. The lowest BCUT2D eigenvalue weighted by Gasteiger charge is -2.12. The van der Waals surface area contributed by atoms with Gasteiger partial charge in [0.05, 0.1) is 0 Å². The first-order valence-corrected chi connectivity index (χ1v) is 7.66. The molecular weight excluding hydrogens is 346 g/mol. The number of hydrogen-bond acceptors (Lipinski definition) is 3. The Bertz CT molecular complexity index is 617. The molecule has 0 spiro atoms.